The van der Waals surface area contributed by atoms with Crippen molar-refractivity contribution >= 4 is 11.6 Å². The Morgan fingerprint density at radius 2 is 1.81 bits per heavy atom. The number of nitrogens with zero attached hydrogens (tertiary/aromatic N) is 2. The standard InChI is InChI=1S/C12H22N4/c1-5-10(6-2)7-14-12-9(3)11(13-4)15-8-16-12/h8,10H,5-7H2,1-4H3,(H2,13,14,15,16). The highest BCUT2D eigenvalue weighted by Crippen LogP contribution is 2.18. The molecule has 0 aliphatic heterocycles. The van der Waals surface area contributed by atoms with E-state index in [1.165, 1.54) is 12.8 Å². The zero-order valence-corrected chi connectivity index (χ0v) is 10.7. The van der Waals surface area contributed by atoms with Crippen LogP contribution in [0.3, 0.4) is 0 Å². The molecule has 0 aliphatic rings. The van der Waals surface area contributed by atoms with Crippen LogP contribution in [0, 0.1) is 12.8 Å². The molecule has 4 heteroatoms. The van der Waals surface area contributed by atoms with Crippen LogP contribution in [0.4, 0.5) is 11.6 Å². The van der Waals surface area contributed by atoms with Crippen LogP contribution in [0.5, 0.6) is 0 Å². The van der Waals surface area contributed by atoms with Gasteiger partial charge in [0.25, 0.3) is 0 Å². The molecule has 1 aromatic heterocycles. The monoisotopic (exact) mass is 222 g/mol. The topological polar surface area (TPSA) is 49.8 Å². The molecule has 0 unspecified atom stereocenters. The van der Waals surface area contributed by atoms with Crippen LogP contribution in [0.1, 0.15) is 32.3 Å². The van der Waals surface area contributed by atoms with Crippen molar-refractivity contribution in [3.05, 3.63) is 11.9 Å². The number of anilines is 2. The van der Waals surface area contributed by atoms with Crippen LogP contribution in [0.15, 0.2) is 6.33 Å². The van der Waals surface area contributed by atoms with Gasteiger partial charge >= 0.3 is 0 Å². The highest BCUT2D eigenvalue weighted by molar-refractivity contribution is 5.55. The van der Waals surface area contributed by atoms with E-state index in [0.717, 1.165) is 23.7 Å². The maximum absolute atomic E-state index is 4.27. The van der Waals surface area contributed by atoms with Crippen molar-refractivity contribution in [2.24, 2.45) is 5.92 Å². The third-order valence-corrected chi connectivity index (χ3v) is 3.03. The maximum atomic E-state index is 4.27. The first kappa shape index (κ1) is 12.7. The van der Waals surface area contributed by atoms with E-state index in [0.29, 0.717) is 5.92 Å². The summed E-state index contributed by atoms with van der Waals surface area (Å²) < 4.78 is 0. The summed E-state index contributed by atoms with van der Waals surface area (Å²) in [6.45, 7) is 7.46. The molecular formula is C12H22N4. The fraction of sp³-hybridized carbons (Fsp3) is 0.667. The lowest BCUT2D eigenvalue weighted by molar-refractivity contribution is 0.518. The lowest BCUT2D eigenvalue weighted by Gasteiger charge is -2.15. The number of hydrogen-bond donors (Lipinski definition) is 2. The van der Waals surface area contributed by atoms with Crippen molar-refractivity contribution in [1.29, 1.82) is 0 Å². The summed E-state index contributed by atoms with van der Waals surface area (Å²) >= 11 is 0. The Hall–Kier alpha value is -1.32. The summed E-state index contributed by atoms with van der Waals surface area (Å²) in [5.41, 5.74) is 1.08. The van der Waals surface area contributed by atoms with Gasteiger partial charge in [-0.15, -0.1) is 0 Å². The third kappa shape index (κ3) is 3.08. The second-order valence-electron chi connectivity index (χ2n) is 4.01. The Morgan fingerprint density at radius 3 is 2.38 bits per heavy atom. The largest absolute Gasteiger partial charge is 0.373 e. The average Bonchev–Trinajstić information content (AvgIpc) is 2.32. The van der Waals surface area contributed by atoms with Gasteiger partial charge in [-0.1, -0.05) is 26.7 Å². The average molecular weight is 222 g/mol. The van der Waals surface area contributed by atoms with E-state index >= 15 is 0 Å². The molecule has 0 radical (unpaired) electrons. The predicted octanol–water partition coefficient (Wildman–Crippen LogP) is 2.67. The summed E-state index contributed by atoms with van der Waals surface area (Å²) in [5.74, 6) is 2.54. The number of aromatic nitrogens is 2. The van der Waals surface area contributed by atoms with Gasteiger partial charge in [-0.3, -0.25) is 0 Å². The predicted molar refractivity (Wildman–Crippen MR) is 68.9 cm³/mol. The molecule has 0 saturated carbocycles. The van der Waals surface area contributed by atoms with E-state index in [9.17, 15) is 0 Å². The molecule has 16 heavy (non-hydrogen) atoms. The van der Waals surface area contributed by atoms with Crippen molar-refractivity contribution in [2.75, 3.05) is 24.2 Å². The molecule has 0 amide bonds. The Balaban J connectivity index is 2.66. The molecule has 0 aromatic carbocycles. The van der Waals surface area contributed by atoms with Gasteiger partial charge in [0, 0.05) is 19.2 Å². The van der Waals surface area contributed by atoms with Crippen molar-refractivity contribution in [3.63, 3.8) is 0 Å². The molecule has 0 atom stereocenters. The minimum Gasteiger partial charge on any atom is -0.373 e. The highest BCUT2D eigenvalue weighted by Gasteiger charge is 2.07. The molecule has 1 rings (SSSR count). The van der Waals surface area contributed by atoms with E-state index < -0.39 is 0 Å². The zero-order valence-electron chi connectivity index (χ0n) is 10.7. The molecule has 0 bridgehead atoms. The maximum Gasteiger partial charge on any atom is 0.134 e. The van der Waals surface area contributed by atoms with E-state index in [-0.39, 0.29) is 0 Å². The number of hydrogen-bond acceptors (Lipinski definition) is 4. The van der Waals surface area contributed by atoms with Crippen LogP contribution in [-0.4, -0.2) is 23.6 Å². The summed E-state index contributed by atoms with van der Waals surface area (Å²) in [5, 5.41) is 6.46. The fourth-order valence-electron chi connectivity index (χ4n) is 1.70. The van der Waals surface area contributed by atoms with E-state index in [4.69, 9.17) is 0 Å². The molecule has 4 nitrogen and oxygen atoms in total. The van der Waals surface area contributed by atoms with Gasteiger partial charge in [-0.25, -0.2) is 9.97 Å². The van der Waals surface area contributed by atoms with Gasteiger partial charge in [0.1, 0.15) is 18.0 Å². The smallest absolute Gasteiger partial charge is 0.134 e. The van der Waals surface area contributed by atoms with Gasteiger partial charge in [-0.2, -0.15) is 0 Å². The molecule has 1 aromatic rings. The van der Waals surface area contributed by atoms with Gasteiger partial charge in [-0.05, 0) is 12.8 Å². The van der Waals surface area contributed by atoms with Gasteiger partial charge < -0.3 is 10.6 Å². The normalized spacial score (nSPS) is 10.6. The summed E-state index contributed by atoms with van der Waals surface area (Å²) in [6.07, 6.45) is 3.99. The van der Waals surface area contributed by atoms with E-state index in [1.54, 1.807) is 6.33 Å². The lowest BCUT2D eigenvalue weighted by atomic mass is 10.0. The van der Waals surface area contributed by atoms with Crippen LogP contribution in [0.2, 0.25) is 0 Å². The molecule has 0 spiro atoms. The Bertz CT molecular complexity index is 321. The van der Waals surface area contributed by atoms with Gasteiger partial charge in [0.15, 0.2) is 0 Å². The quantitative estimate of drug-likeness (QED) is 0.777. The summed E-state index contributed by atoms with van der Waals surface area (Å²) in [4.78, 5) is 8.43. The fourth-order valence-corrected chi connectivity index (χ4v) is 1.70. The Labute approximate surface area is 97.9 Å². The minimum atomic E-state index is 0.715. The first-order valence-electron chi connectivity index (χ1n) is 5.96. The number of nitrogens with one attached hydrogen (secondary N) is 2. The second kappa shape index (κ2) is 6.30. The first-order valence-corrected chi connectivity index (χ1v) is 5.96. The SMILES string of the molecule is CCC(CC)CNc1ncnc(NC)c1C. The summed E-state index contributed by atoms with van der Waals surface area (Å²) in [7, 11) is 1.88. The first-order chi connectivity index (χ1) is 7.72. The third-order valence-electron chi connectivity index (χ3n) is 3.03. The molecule has 0 saturated heterocycles. The Kier molecular flexibility index (Phi) is 5.02. The molecule has 2 N–H and O–H groups in total. The van der Waals surface area contributed by atoms with Crippen LogP contribution in [-0.2, 0) is 0 Å². The van der Waals surface area contributed by atoms with Crippen LogP contribution in [0.25, 0.3) is 0 Å². The lowest BCUT2D eigenvalue weighted by Crippen LogP contribution is -2.15. The van der Waals surface area contributed by atoms with Crippen LogP contribution < -0.4 is 10.6 Å². The molecule has 0 fully saturated rings. The molecular weight excluding hydrogens is 200 g/mol. The van der Waals surface area contributed by atoms with Crippen molar-refractivity contribution in [1.82, 2.24) is 9.97 Å². The van der Waals surface area contributed by atoms with E-state index in [1.807, 2.05) is 14.0 Å². The minimum absolute atomic E-state index is 0.715. The second-order valence-corrected chi connectivity index (χ2v) is 4.01. The summed E-state index contributed by atoms with van der Waals surface area (Å²) in [6, 6.07) is 0. The zero-order chi connectivity index (χ0) is 12.0. The molecule has 1 heterocycles. The van der Waals surface area contributed by atoms with Crippen molar-refractivity contribution < 1.29 is 0 Å². The molecule has 0 aliphatic carbocycles. The van der Waals surface area contributed by atoms with Crippen molar-refractivity contribution in [3.8, 4) is 0 Å². The van der Waals surface area contributed by atoms with Gasteiger partial charge in [0.05, 0.1) is 0 Å². The van der Waals surface area contributed by atoms with Crippen LogP contribution >= 0.6 is 0 Å². The number of rotatable bonds is 6. The van der Waals surface area contributed by atoms with Crippen molar-refractivity contribution in [2.45, 2.75) is 33.6 Å². The Morgan fingerprint density at radius 1 is 1.19 bits per heavy atom. The highest BCUT2D eigenvalue weighted by atomic mass is 15.1. The van der Waals surface area contributed by atoms with Gasteiger partial charge in [0.2, 0.25) is 0 Å². The van der Waals surface area contributed by atoms with E-state index in [2.05, 4.69) is 34.4 Å². The molecule has 90 valence electrons.